The Bertz CT molecular complexity index is 131. The Morgan fingerprint density at radius 3 is 1.88 bits per heavy atom. The highest BCUT2D eigenvalue weighted by atomic mass is 16.5. The van der Waals surface area contributed by atoms with E-state index in [-0.39, 0.29) is 5.06 Å². The van der Waals surface area contributed by atoms with Gasteiger partial charge in [-0.3, -0.25) is 0 Å². The molecule has 0 bridgehead atoms. The van der Waals surface area contributed by atoms with Crippen LogP contribution in [0.5, 0.6) is 0 Å². The van der Waals surface area contributed by atoms with E-state index in [2.05, 4.69) is 0 Å². The monoisotopic (exact) mass is 109 g/mol. The number of nitrogens with one attached hydrogen (secondary N) is 1. The molecule has 0 amide bonds. The highest BCUT2D eigenvalue weighted by Gasteiger charge is 1.81. The lowest BCUT2D eigenvalue weighted by Crippen LogP contribution is -2.96. The Balaban J connectivity index is 2.66. The van der Waals surface area contributed by atoms with Gasteiger partial charge in [-0.2, -0.15) is 0 Å². The molecule has 1 aliphatic rings. The molecule has 0 aromatic rings. The van der Waals surface area contributed by atoms with E-state index >= 15 is 0 Å². The van der Waals surface area contributed by atoms with Crippen LogP contribution in [0.1, 0.15) is 0 Å². The molecule has 8 heavy (non-hydrogen) atoms. The fraction of sp³-hybridized carbons (Fsp3) is 0. The zero-order valence-electron chi connectivity index (χ0n) is 4.37. The fourth-order valence-corrected chi connectivity index (χ4v) is 0.485. The van der Waals surface area contributed by atoms with E-state index in [4.69, 9.17) is 0 Å². The van der Waals surface area contributed by atoms with Crippen molar-refractivity contribution < 1.29 is 5.06 Å². The minimum atomic E-state index is 0.0509. The predicted octanol–water partition coefficient (Wildman–Crippen LogP) is -0.0337. The van der Waals surface area contributed by atoms with Crippen molar-refractivity contribution in [1.29, 1.82) is 0 Å². The van der Waals surface area contributed by atoms with Crippen LogP contribution in [0.2, 0.25) is 0 Å². The maximum atomic E-state index is 10.5. The van der Waals surface area contributed by atoms with Gasteiger partial charge in [-0.25, -0.2) is 0 Å². The molecule has 0 atom stereocenters. The van der Waals surface area contributed by atoms with Crippen molar-refractivity contribution in [2.45, 2.75) is 0 Å². The third kappa shape index (κ3) is 1.33. The normalized spacial score (nSPS) is 19.1. The molecule has 1 aliphatic heterocycles. The molecular weight excluding hydrogens is 102 g/mol. The van der Waals surface area contributed by atoms with Gasteiger partial charge in [0.1, 0.15) is 0 Å². The molecule has 0 spiro atoms. The average molecular weight is 109 g/mol. The highest BCUT2D eigenvalue weighted by molar-refractivity contribution is 5.10. The number of hydroxylamine groups is 2. The van der Waals surface area contributed by atoms with E-state index in [1.807, 2.05) is 12.2 Å². The second kappa shape index (κ2) is 2.45. The average Bonchev–Trinajstić information content (AvgIpc) is 1.94. The largest absolute Gasteiger partial charge is 0.624 e. The molecule has 2 heteroatoms. The van der Waals surface area contributed by atoms with E-state index in [0.29, 0.717) is 0 Å². The summed E-state index contributed by atoms with van der Waals surface area (Å²) in [5.74, 6) is 0. The van der Waals surface area contributed by atoms with E-state index in [1.54, 1.807) is 12.2 Å². The molecule has 0 saturated carbocycles. The molecule has 0 aliphatic carbocycles. The molecule has 0 unspecified atom stereocenters. The van der Waals surface area contributed by atoms with Crippen molar-refractivity contribution in [2.24, 2.45) is 0 Å². The van der Waals surface area contributed by atoms with E-state index in [0.717, 1.165) is 0 Å². The summed E-state index contributed by atoms with van der Waals surface area (Å²) in [5.41, 5.74) is 0. The fourth-order valence-electron chi connectivity index (χ4n) is 0.485. The van der Waals surface area contributed by atoms with Gasteiger partial charge in [0.05, 0.1) is 12.4 Å². The summed E-state index contributed by atoms with van der Waals surface area (Å²) >= 11 is 0. The minimum Gasteiger partial charge on any atom is -0.624 e. The van der Waals surface area contributed by atoms with Gasteiger partial charge in [0, 0.05) is 0 Å². The van der Waals surface area contributed by atoms with Crippen LogP contribution < -0.4 is 5.06 Å². The zero-order chi connectivity index (χ0) is 5.82. The molecule has 2 nitrogen and oxygen atoms in total. The number of allylic oxidation sites excluding steroid dienone is 4. The molecule has 0 aromatic carbocycles. The van der Waals surface area contributed by atoms with Crippen molar-refractivity contribution >= 4 is 0 Å². The molecule has 0 aromatic heterocycles. The number of quaternary nitrogens is 1. The third-order valence-electron chi connectivity index (χ3n) is 0.854. The number of rotatable bonds is 0. The van der Waals surface area contributed by atoms with Gasteiger partial charge in [-0.1, -0.05) is 12.2 Å². The van der Waals surface area contributed by atoms with E-state index in [9.17, 15) is 5.21 Å². The summed E-state index contributed by atoms with van der Waals surface area (Å²) in [7, 11) is 0. The lowest BCUT2D eigenvalue weighted by Gasteiger charge is -2.07. The maximum Gasteiger partial charge on any atom is 0.0988 e. The standard InChI is InChI=1S/C6H7NO/c8-7-5-3-1-2-4-6-7/h1-7H. The first kappa shape index (κ1) is 5.28. The van der Waals surface area contributed by atoms with Crippen LogP contribution in [-0.4, -0.2) is 0 Å². The van der Waals surface area contributed by atoms with Gasteiger partial charge in [-0.05, 0) is 12.2 Å². The highest BCUT2D eigenvalue weighted by Crippen LogP contribution is 1.77. The molecule has 0 radical (unpaired) electrons. The maximum absolute atomic E-state index is 10.5. The van der Waals surface area contributed by atoms with Gasteiger partial charge in [0.2, 0.25) is 0 Å². The smallest absolute Gasteiger partial charge is 0.0988 e. The van der Waals surface area contributed by atoms with Crippen molar-refractivity contribution in [3.8, 4) is 0 Å². The Morgan fingerprint density at radius 1 is 0.875 bits per heavy atom. The first-order valence-corrected chi connectivity index (χ1v) is 2.45. The molecule has 1 N–H and O–H groups in total. The number of hydrogen-bond donors (Lipinski definition) is 1. The first-order chi connectivity index (χ1) is 3.89. The van der Waals surface area contributed by atoms with Crippen molar-refractivity contribution in [3.63, 3.8) is 0 Å². The summed E-state index contributed by atoms with van der Waals surface area (Å²) in [6.45, 7) is 0. The summed E-state index contributed by atoms with van der Waals surface area (Å²) in [5, 5.41) is 10.5. The summed E-state index contributed by atoms with van der Waals surface area (Å²) in [6.07, 6.45) is 10.1. The van der Waals surface area contributed by atoms with Crippen LogP contribution in [-0.2, 0) is 0 Å². The summed E-state index contributed by atoms with van der Waals surface area (Å²) in [6, 6.07) is 0. The van der Waals surface area contributed by atoms with E-state index in [1.165, 1.54) is 12.4 Å². The van der Waals surface area contributed by atoms with Crippen LogP contribution in [0, 0.1) is 5.21 Å². The van der Waals surface area contributed by atoms with Gasteiger partial charge in [0.15, 0.2) is 0 Å². The summed E-state index contributed by atoms with van der Waals surface area (Å²) in [4.78, 5) is 0. The Hall–Kier alpha value is -0.860. The van der Waals surface area contributed by atoms with Gasteiger partial charge >= 0.3 is 0 Å². The zero-order valence-corrected chi connectivity index (χ0v) is 4.37. The first-order valence-electron chi connectivity index (χ1n) is 2.45. The van der Waals surface area contributed by atoms with Crippen LogP contribution in [0.3, 0.4) is 0 Å². The third-order valence-corrected chi connectivity index (χ3v) is 0.854. The van der Waals surface area contributed by atoms with Crippen molar-refractivity contribution in [1.82, 2.24) is 0 Å². The second-order valence-corrected chi connectivity index (χ2v) is 1.51. The van der Waals surface area contributed by atoms with Crippen molar-refractivity contribution in [3.05, 3.63) is 41.9 Å². The Kier molecular flexibility index (Phi) is 1.62. The van der Waals surface area contributed by atoms with Gasteiger partial charge in [0.25, 0.3) is 0 Å². The van der Waals surface area contributed by atoms with Crippen LogP contribution in [0.25, 0.3) is 0 Å². The quantitative estimate of drug-likeness (QED) is 0.434. The lowest BCUT2D eigenvalue weighted by molar-refractivity contribution is -0.729. The minimum absolute atomic E-state index is 0.0509. The number of hydrogen-bond acceptors (Lipinski definition) is 1. The second-order valence-electron chi connectivity index (χ2n) is 1.51. The van der Waals surface area contributed by atoms with Gasteiger partial charge < -0.3 is 10.3 Å². The van der Waals surface area contributed by atoms with Crippen LogP contribution in [0.4, 0.5) is 0 Å². The SMILES string of the molecule is [O-][NH+]1C=CC=CC=C1. The van der Waals surface area contributed by atoms with Crippen LogP contribution >= 0.6 is 0 Å². The Labute approximate surface area is 48.0 Å². The lowest BCUT2D eigenvalue weighted by atomic mass is 10.5. The predicted molar refractivity (Wildman–Crippen MR) is 31.7 cm³/mol. The molecule has 42 valence electrons. The molecule has 1 rings (SSSR count). The van der Waals surface area contributed by atoms with Crippen molar-refractivity contribution in [2.75, 3.05) is 0 Å². The molecule has 0 fully saturated rings. The topological polar surface area (TPSA) is 27.5 Å². The van der Waals surface area contributed by atoms with Crippen LogP contribution in [0.15, 0.2) is 36.7 Å². The van der Waals surface area contributed by atoms with E-state index < -0.39 is 0 Å². The molecule has 0 saturated heterocycles. The summed E-state index contributed by atoms with van der Waals surface area (Å²) < 4.78 is 0. The Morgan fingerprint density at radius 2 is 1.38 bits per heavy atom. The molecular formula is C6H7NO. The molecule has 1 heterocycles. The van der Waals surface area contributed by atoms with Gasteiger partial charge in [-0.15, -0.1) is 0 Å².